The first-order valence-electron chi connectivity index (χ1n) is 7.58. The summed E-state index contributed by atoms with van der Waals surface area (Å²) in [7, 11) is -3.35. The Hall–Kier alpha value is -2.41. The third kappa shape index (κ3) is 3.91. The first-order valence-corrected chi connectivity index (χ1v) is 9.47. The number of nitrogens with zero attached hydrogens (tertiary/aromatic N) is 1. The molecule has 2 heterocycles. The SMILES string of the molecule is CC1CC1c1ccc(C=CC(=O)Nc2ccc(S(C)(=O)=O)nc2)o1. The van der Waals surface area contributed by atoms with Gasteiger partial charge in [0.2, 0.25) is 5.91 Å². The molecule has 0 bridgehead atoms. The van der Waals surface area contributed by atoms with Crippen LogP contribution in [0.3, 0.4) is 0 Å². The number of furan rings is 1. The van der Waals surface area contributed by atoms with Crippen molar-refractivity contribution in [2.24, 2.45) is 5.92 Å². The van der Waals surface area contributed by atoms with Crippen LogP contribution >= 0.6 is 0 Å². The number of rotatable bonds is 5. The second-order valence-corrected chi connectivity index (χ2v) is 8.00. The van der Waals surface area contributed by atoms with Gasteiger partial charge in [0.1, 0.15) is 11.5 Å². The van der Waals surface area contributed by atoms with Gasteiger partial charge in [-0.3, -0.25) is 4.79 Å². The van der Waals surface area contributed by atoms with E-state index in [-0.39, 0.29) is 10.9 Å². The molecule has 0 radical (unpaired) electrons. The number of carbonyl (C=O) groups is 1. The van der Waals surface area contributed by atoms with E-state index in [4.69, 9.17) is 4.42 Å². The Morgan fingerprint density at radius 2 is 2.08 bits per heavy atom. The standard InChI is InChI=1S/C17H18N2O4S/c1-11-9-14(11)15-6-4-13(23-15)5-7-16(20)19-12-3-8-17(18-10-12)24(2,21)22/h3-8,10-11,14H,9H2,1-2H3,(H,19,20). The molecule has 126 valence electrons. The van der Waals surface area contributed by atoms with Gasteiger partial charge in [-0.2, -0.15) is 0 Å². The zero-order valence-corrected chi connectivity index (χ0v) is 14.2. The molecule has 1 saturated carbocycles. The summed E-state index contributed by atoms with van der Waals surface area (Å²) in [5.74, 6) is 2.41. The quantitative estimate of drug-likeness (QED) is 0.841. The second kappa shape index (κ2) is 6.24. The van der Waals surface area contributed by atoms with Crippen molar-refractivity contribution in [2.75, 3.05) is 11.6 Å². The molecule has 2 aromatic rings. The molecule has 1 amide bonds. The lowest BCUT2D eigenvalue weighted by molar-refractivity contribution is -0.111. The highest BCUT2D eigenvalue weighted by molar-refractivity contribution is 7.90. The lowest BCUT2D eigenvalue weighted by Crippen LogP contribution is -2.08. The number of amides is 1. The Morgan fingerprint density at radius 3 is 2.67 bits per heavy atom. The smallest absolute Gasteiger partial charge is 0.248 e. The van der Waals surface area contributed by atoms with Crippen LogP contribution in [-0.4, -0.2) is 25.6 Å². The molecule has 1 aliphatic rings. The molecule has 2 unspecified atom stereocenters. The van der Waals surface area contributed by atoms with E-state index in [1.807, 2.05) is 12.1 Å². The topological polar surface area (TPSA) is 89.3 Å². The zero-order valence-electron chi connectivity index (χ0n) is 13.4. The van der Waals surface area contributed by atoms with E-state index in [9.17, 15) is 13.2 Å². The van der Waals surface area contributed by atoms with Crippen molar-refractivity contribution < 1.29 is 17.6 Å². The Kier molecular flexibility index (Phi) is 4.28. The van der Waals surface area contributed by atoms with E-state index in [1.165, 1.54) is 24.4 Å². The predicted octanol–water partition coefficient (Wildman–Crippen LogP) is 2.85. The van der Waals surface area contributed by atoms with E-state index in [0.717, 1.165) is 18.4 Å². The fraction of sp³-hybridized carbons (Fsp3) is 0.294. The molecule has 1 N–H and O–H groups in total. The van der Waals surface area contributed by atoms with Crippen molar-refractivity contribution in [2.45, 2.75) is 24.3 Å². The molecule has 24 heavy (non-hydrogen) atoms. The fourth-order valence-corrected chi connectivity index (χ4v) is 2.95. The fourth-order valence-electron chi connectivity index (χ4n) is 2.39. The van der Waals surface area contributed by atoms with Crippen LogP contribution < -0.4 is 5.32 Å². The summed E-state index contributed by atoms with van der Waals surface area (Å²) in [6, 6.07) is 6.63. The normalized spacial score (nSPS) is 20.2. The highest BCUT2D eigenvalue weighted by atomic mass is 32.2. The minimum atomic E-state index is -3.35. The van der Waals surface area contributed by atoms with Crippen LogP contribution in [0.15, 0.2) is 46.0 Å². The maximum absolute atomic E-state index is 11.9. The van der Waals surface area contributed by atoms with E-state index in [0.29, 0.717) is 23.3 Å². The summed E-state index contributed by atoms with van der Waals surface area (Å²) >= 11 is 0. The van der Waals surface area contributed by atoms with Crippen molar-refractivity contribution in [3.05, 3.63) is 48.1 Å². The van der Waals surface area contributed by atoms with Crippen LogP contribution in [0.25, 0.3) is 6.08 Å². The summed E-state index contributed by atoms with van der Waals surface area (Å²) in [5.41, 5.74) is 0.420. The maximum Gasteiger partial charge on any atom is 0.248 e. The Bertz CT molecular complexity index is 882. The van der Waals surface area contributed by atoms with Crippen LogP contribution in [0.5, 0.6) is 0 Å². The zero-order chi connectivity index (χ0) is 17.3. The number of hydrogen-bond acceptors (Lipinski definition) is 5. The van der Waals surface area contributed by atoms with Gasteiger partial charge < -0.3 is 9.73 Å². The molecule has 0 aliphatic heterocycles. The van der Waals surface area contributed by atoms with Crippen molar-refractivity contribution in [1.82, 2.24) is 4.98 Å². The average Bonchev–Trinajstić information content (AvgIpc) is 3.07. The molecule has 1 fully saturated rings. The van der Waals surface area contributed by atoms with Crippen molar-refractivity contribution in [3.63, 3.8) is 0 Å². The van der Waals surface area contributed by atoms with Gasteiger partial charge in [0.05, 0.1) is 11.9 Å². The maximum atomic E-state index is 11.9. The summed E-state index contributed by atoms with van der Waals surface area (Å²) in [4.78, 5) is 15.7. The molecule has 7 heteroatoms. The van der Waals surface area contributed by atoms with Crippen molar-refractivity contribution in [1.29, 1.82) is 0 Å². The number of sulfone groups is 1. The number of pyridine rings is 1. The summed E-state index contributed by atoms with van der Waals surface area (Å²) in [5, 5.41) is 2.58. The van der Waals surface area contributed by atoms with Gasteiger partial charge in [0, 0.05) is 18.2 Å². The lowest BCUT2D eigenvalue weighted by atomic mass is 10.3. The first-order chi connectivity index (χ1) is 11.3. The first kappa shape index (κ1) is 16.4. The van der Waals surface area contributed by atoms with E-state index in [2.05, 4.69) is 17.2 Å². The summed E-state index contributed by atoms with van der Waals surface area (Å²) in [6.07, 6.45) is 6.50. The monoisotopic (exact) mass is 346 g/mol. The number of anilines is 1. The van der Waals surface area contributed by atoms with Crippen LogP contribution in [0.4, 0.5) is 5.69 Å². The minimum Gasteiger partial charge on any atom is -0.461 e. The van der Waals surface area contributed by atoms with Gasteiger partial charge in [-0.1, -0.05) is 6.92 Å². The summed E-state index contributed by atoms with van der Waals surface area (Å²) < 4.78 is 28.3. The number of nitrogens with one attached hydrogen (secondary N) is 1. The number of hydrogen-bond donors (Lipinski definition) is 1. The Morgan fingerprint density at radius 1 is 1.33 bits per heavy atom. The molecule has 0 spiro atoms. The van der Waals surface area contributed by atoms with E-state index in [1.54, 1.807) is 6.08 Å². The third-order valence-electron chi connectivity index (χ3n) is 3.91. The molecular weight excluding hydrogens is 328 g/mol. The van der Waals surface area contributed by atoms with Crippen molar-refractivity contribution >= 4 is 27.5 Å². The summed E-state index contributed by atoms with van der Waals surface area (Å²) in [6.45, 7) is 2.18. The van der Waals surface area contributed by atoms with Gasteiger partial charge in [-0.25, -0.2) is 13.4 Å². The highest BCUT2D eigenvalue weighted by Crippen LogP contribution is 2.47. The average molecular weight is 346 g/mol. The Labute approximate surface area is 140 Å². The molecule has 1 aliphatic carbocycles. The van der Waals surface area contributed by atoms with Crippen LogP contribution in [0.2, 0.25) is 0 Å². The van der Waals surface area contributed by atoms with Gasteiger partial charge in [0.15, 0.2) is 14.9 Å². The third-order valence-corrected chi connectivity index (χ3v) is 4.91. The Balaban J connectivity index is 1.60. The predicted molar refractivity (Wildman–Crippen MR) is 90.2 cm³/mol. The highest BCUT2D eigenvalue weighted by Gasteiger charge is 2.36. The molecule has 3 rings (SSSR count). The minimum absolute atomic E-state index is 0.0338. The largest absolute Gasteiger partial charge is 0.461 e. The molecule has 2 atom stereocenters. The van der Waals surface area contributed by atoms with E-state index >= 15 is 0 Å². The van der Waals surface area contributed by atoms with E-state index < -0.39 is 9.84 Å². The van der Waals surface area contributed by atoms with Gasteiger partial charge in [-0.15, -0.1) is 0 Å². The lowest BCUT2D eigenvalue weighted by Gasteiger charge is -2.02. The van der Waals surface area contributed by atoms with Crippen LogP contribution in [0.1, 0.15) is 30.8 Å². The number of aromatic nitrogens is 1. The van der Waals surface area contributed by atoms with Gasteiger partial charge in [-0.05, 0) is 42.7 Å². The second-order valence-electron chi connectivity index (χ2n) is 6.04. The van der Waals surface area contributed by atoms with Crippen LogP contribution in [0, 0.1) is 5.92 Å². The van der Waals surface area contributed by atoms with Gasteiger partial charge >= 0.3 is 0 Å². The van der Waals surface area contributed by atoms with Crippen LogP contribution in [-0.2, 0) is 14.6 Å². The van der Waals surface area contributed by atoms with Gasteiger partial charge in [0.25, 0.3) is 0 Å². The molecule has 0 aromatic carbocycles. The molecule has 0 saturated heterocycles. The molecule has 2 aromatic heterocycles. The number of carbonyl (C=O) groups excluding carboxylic acids is 1. The molecular formula is C17H18N2O4S. The molecule has 6 nitrogen and oxygen atoms in total. The van der Waals surface area contributed by atoms with Crippen molar-refractivity contribution in [3.8, 4) is 0 Å².